The second kappa shape index (κ2) is 11.6. The number of thioether (sulfide) groups is 1. The number of benzene rings is 2. The van der Waals surface area contributed by atoms with Crippen molar-refractivity contribution in [1.29, 1.82) is 5.26 Å². The number of nitrogens with zero attached hydrogens (tertiary/aromatic N) is 5. The SMILES string of the molecule is N#Cc1c(N)sc2c(F)ccc(-c3c(C(F)(F)F)cc4c(N(C5CC5)C5CCSC5)nc(OCC56CCCN5CC(F)C6)nc4c3F)c12. The number of alkyl halides is 4. The fourth-order valence-electron chi connectivity index (χ4n) is 7.83. The average Bonchev–Trinajstić information content (AvgIpc) is 3.32. The third-order valence-corrected chi connectivity index (χ3v) is 12.3. The average molecular weight is 705 g/mol. The van der Waals surface area contributed by atoms with Crippen molar-refractivity contribution in [1.82, 2.24) is 14.9 Å². The first-order valence-corrected chi connectivity index (χ1v) is 17.9. The lowest BCUT2D eigenvalue weighted by molar-refractivity contribution is -0.137. The van der Waals surface area contributed by atoms with E-state index in [1.165, 1.54) is 0 Å². The zero-order chi connectivity index (χ0) is 33.5. The highest BCUT2D eigenvalue weighted by Gasteiger charge is 2.49. The van der Waals surface area contributed by atoms with Crippen LogP contribution in [0.15, 0.2) is 18.2 Å². The monoisotopic (exact) mass is 704 g/mol. The van der Waals surface area contributed by atoms with E-state index in [-0.39, 0.29) is 74.1 Å². The van der Waals surface area contributed by atoms with Crippen molar-refractivity contribution in [2.24, 2.45) is 0 Å². The molecule has 1 saturated carbocycles. The molecule has 2 aromatic carbocycles. The van der Waals surface area contributed by atoms with Crippen molar-refractivity contribution in [3.8, 4) is 23.2 Å². The van der Waals surface area contributed by atoms with Crippen LogP contribution in [0, 0.1) is 23.0 Å². The van der Waals surface area contributed by atoms with E-state index >= 15 is 4.39 Å². The van der Waals surface area contributed by atoms with Crippen molar-refractivity contribution >= 4 is 54.9 Å². The van der Waals surface area contributed by atoms with Gasteiger partial charge in [0.25, 0.3) is 0 Å². The molecule has 4 aliphatic rings. The number of nitrogens with two attached hydrogens (primary N) is 1. The number of fused-ring (bicyclic) bond motifs is 3. The van der Waals surface area contributed by atoms with Gasteiger partial charge in [0.2, 0.25) is 0 Å². The Morgan fingerprint density at radius 1 is 1.17 bits per heavy atom. The summed E-state index contributed by atoms with van der Waals surface area (Å²) < 4.78 is 97.5. The van der Waals surface area contributed by atoms with Crippen LogP contribution in [0.25, 0.3) is 32.1 Å². The molecule has 0 amide bonds. The molecule has 3 unspecified atom stereocenters. The van der Waals surface area contributed by atoms with Gasteiger partial charge in [-0.15, -0.1) is 11.3 Å². The lowest BCUT2D eigenvalue weighted by Crippen LogP contribution is -2.43. The van der Waals surface area contributed by atoms with Crippen LogP contribution in [-0.4, -0.2) is 69.9 Å². The van der Waals surface area contributed by atoms with Gasteiger partial charge < -0.3 is 15.4 Å². The molecule has 4 fully saturated rings. The first-order chi connectivity index (χ1) is 23.0. The molecule has 3 saturated heterocycles. The Balaban J connectivity index is 1.37. The van der Waals surface area contributed by atoms with Gasteiger partial charge in [0.15, 0.2) is 5.82 Å². The third kappa shape index (κ3) is 5.13. The lowest BCUT2D eigenvalue weighted by atomic mass is 9.92. The van der Waals surface area contributed by atoms with Gasteiger partial charge in [0.05, 0.1) is 21.4 Å². The van der Waals surface area contributed by atoms with E-state index in [1.54, 1.807) is 11.8 Å². The quantitative estimate of drug-likeness (QED) is 0.196. The normalized spacial score (nSPS) is 24.4. The van der Waals surface area contributed by atoms with Gasteiger partial charge in [-0.1, -0.05) is 6.07 Å². The minimum absolute atomic E-state index is 0.0199. The molecule has 5 heterocycles. The number of anilines is 2. The van der Waals surface area contributed by atoms with Crippen LogP contribution in [0.4, 0.5) is 37.2 Å². The molecule has 7 nitrogen and oxygen atoms in total. The molecule has 2 aromatic heterocycles. The lowest BCUT2D eigenvalue weighted by Gasteiger charge is -2.32. The van der Waals surface area contributed by atoms with Gasteiger partial charge in [-0.25, -0.2) is 13.2 Å². The summed E-state index contributed by atoms with van der Waals surface area (Å²) in [5.41, 5.74) is 2.30. The van der Waals surface area contributed by atoms with Crippen molar-refractivity contribution in [2.75, 3.05) is 41.8 Å². The Morgan fingerprint density at radius 3 is 2.69 bits per heavy atom. The van der Waals surface area contributed by atoms with E-state index in [1.807, 2.05) is 11.0 Å². The standard InChI is InChI=1S/C33H30F6N6OS2/c34-16-11-32(7-1-8-44(32)13-16)15-46-31-42-27-20(30(43-31)45(17-2-3-17)18-6-9-47-14-18)10-22(33(37,38)39)25(26(27)36)19-4-5-23(35)28-24(19)21(12-40)29(41)48-28/h4-5,10,16-18H,1-3,6-9,11,13-15,41H2. The van der Waals surface area contributed by atoms with Crippen LogP contribution in [0.3, 0.4) is 0 Å². The zero-order valence-electron chi connectivity index (χ0n) is 25.5. The Bertz CT molecular complexity index is 1990. The summed E-state index contributed by atoms with van der Waals surface area (Å²) >= 11 is 2.45. The van der Waals surface area contributed by atoms with Crippen molar-refractivity contribution in [3.63, 3.8) is 0 Å². The molecule has 3 aliphatic heterocycles. The highest BCUT2D eigenvalue weighted by Crippen LogP contribution is 2.49. The van der Waals surface area contributed by atoms with Crippen LogP contribution >= 0.6 is 23.1 Å². The molecule has 3 atom stereocenters. The van der Waals surface area contributed by atoms with Crippen molar-refractivity contribution in [3.05, 3.63) is 41.0 Å². The maximum atomic E-state index is 17.1. The fraction of sp³-hybridized carbons (Fsp3) is 0.485. The fourth-order valence-corrected chi connectivity index (χ4v) is 9.99. The molecule has 0 spiro atoms. The number of nitrogen functional groups attached to an aromatic ring is 1. The summed E-state index contributed by atoms with van der Waals surface area (Å²) in [6, 6.07) is 4.48. The molecule has 252 valence electrons. The summed E-state index contributed by atoms with van der Waals surface area (Å²) in [4.78, 5) is 13.1. The number of hydrogen-bond donors (Lipinski definition) is 1. The maximum absolute atomic E-state index is 17.1. The number of aromatic nitrogens is 2. The van der Waals surface area contributed by atoms with Crippen LogP contribution in [0.1, 0.15) is 49.7 Å². The Labute approximate surface area is 280 Å². The number of halogens is 6. The van der Waals surface area contributed by atoms with E-state index in [9.17, 15) is 27.2 Å². The number of thiophene rings is 1. The van der Waals surface area contributed by atoms with E-state index < -0.39 is 40.6 Å². The minimum Gasteiger partial charge on any atom is -0.461 e. The van der Waals surface area contributed by atoms with Crippen LogP contribution in [-0.2, 0) is 6.18 Å². The molecule has 0 bridgehead atoms. The van der Waals surface area contributed by atoms with Gasteiger partial charge in [-0.05, 0) is 62.1 Å². The summed E-state index contributed by atoms with van der Waals surface area (Å²) in [7, 11) is 0. The van der Waals surface area contributed by atoms with E-state index in [0.29, 0.717) is 24.3 Å². The highest BCUT2D eigenvalue weighted by molar-refractivity contribution is 7.99. The smallest absolute Gasteiger partial charge is 0.417 e. The molecule has 2 N–H and O–H groups in total. The molecule has 48 heavy (non-hydrogen) atoms. The van der Waals surface area contributed by atoms with Crippen LogP contribution < -0.4 is 15.4 Å². The second-order valence-electron chi connectivity index (χ2n) is 13.1. The van der Waals surface area contributed by atoms with Crippen LogP contribution in [0.5, 0.6) is 6.01 Å². The number of ether oxygens (including phenoxy) is 1. The molecular formula is C33H30F6N6OS2. The summed E-state index contributed by atoms with van der Waals surface area (Å²) in [5, 5.41) is 9.43. The van der Waals surface area contributed by atoms with Gasteiger partial charge in [0.1, 0.15) is 41.0 Å². The molecule has 0 radical (unpaired) electrons. The van der Waals surface area contributed by atoms with Gasteiger partial charge in [0, 0.05) is 47.1 Å². The predicted molar refractivity (Wildman–Crippen MR) is 174 cm³/mol. The first-order valence-electron chi connectivity index (χ1n) is 15.9. The Morgan fingerprint density at radius 2 is 1.98 bits per heavy atom. The first kappa shape index (κ1) is 31.8. The van der Waals surface area contributed by atoms with Crippen molar-refractivity contribution < 1.29 is 31.1 Å². The van der Waals surface area contributed by atoms with Crippen molar-refractivity contribution in [2.45, 2.75) is 68.5 Å². The van der Waals surface area contributed by atoms with Gasteiger partial charge >= 0.3 is 12.2 Å². The van der Waals surface area contributed by atoms with E-state index in [4.69, 9.17) is 10.5 Å². The number of nitriles is 1. The summed E-state index contributed by atoms with van der Waals surface area (Å²) in [6.45, 7) is 1.07. The van der Waals surface area contributed by atoms with Gasteiger partial charge in [-0.3, -0.25) is 4.90 Å². The number of hydrogen-bond acceptors (Lipinski definition) is 9. The number of rotatable bonds is 7. The molecule has 8 rings (SSSR count). The Hall–Kier alpha value is -3.48. The second-order valence-corrected chi connectivity index (χ2v) is 15.3. The molecule has 15 heteroatoms. The highest BCUT2D eigenvalue weighted by atomic mass is 32.2. The predicted octanol–water partition coefficient (Wildman–Crippen LogP) is 7.69. The zero-order valence-corrected chi connectivity index (χ0v) is 27.2. The van der Waals surface area contributed by atoms with Gasteiger partial charge in [-0.2, -0.15) is 40.2 Å². The molecule has 4 aromatic rings. The largest absolute Gasteiger partial charge is 0.461 e. The van der Waals surface area contributed by atoms with E-state index in [0.717, 1.165) is 61.9 Å². The molecule has 1 aliphatic carbocycles. The van der Waals surface area contributed by atoms with Crippen LogP contribution in [0.2, 0.25) is 0 Å². The summed E-state index contributed by atoms with van der Waals surface area (Å²) in [6.07, 6.45) is -1.78. The topological polar surface area (TPSA) is 91.3 Å². The summed E-state index contributed by atoms with van der Waals surface area (Å²) in [5.74, 6) is -0.305. The Kier molecular flexibility index (Phi) is 7.65. The minimum atomic E-state index is -5.05. The molecular weight excluding hydrogens is 675 g/mol. The van der Waals surface area contributed by atoms with E-state index in [2.05, 4.69) is 14.9 Å². The third-order valence-electron chi connectivity index (χ3n) is 10.1. The maximum Gasteiger partial charge on any atom is 0.417 e.